The summed E-state index contributed by atoms with van der Waals surface area (Å²) in [6, 6.07) is 7.81. The van der Waals surface area contributed by atoms with Crippen molar-refractivity contribution >= 4 is 17.4 Å². The maximum atomic E-state index is 13.5. The predicted molar refractivity (Wildman–Crippen MR) is 70.4 cm³/mol. The van der Waals surface area contributed by atoms with Gasteiger partial charge >= 0.3 is 0 Å². The summed E-state index contributed by atoms with van der Waals surface area (Å²) in [6.45, 7) is 0. The number of nitrogens with zero attached hydrogens (tertiary/aromatic N) is 1. The van der Waals surface area contributed by atoms with Crippen LogP contribution in [0.25, 0.3) is 0 Å². The van der Waals surface area contributed by atoms with Crippen LogP contribution < -0.4 is 10.5 Å². The van der Waals surface area contributed by atoms with Gasteiger partial charge in [-0.3, -0.25) is 0 Å². The maximum absolute atomic E-state index is 13.5. The molecule has 104 valence electrons. The Morgan fingerprint density at radius 3 is 2.60 bits per heavy atom. The monoisotopic (exact) mass is 298 g/mol. The lowest BCUT2D eigenvalue weighted by molar-refractivity contribution is 0.318. The Bertz CT molecular complexity index is 677. The zero-order valence-electron chi connectivity index (χ0n) is 9.98. The SMILES string of the molecule is NC(=NO)c1ccc(Oc2cccc(F)c2F)c(Cl)c1. The fourth-order valence-corrected chi connectivity index (χ4v) is 1.70. The van der Waals surface area contributed by atoms with E-state index in [2.05, 4.69) is 5.16 Å². The molecule has 0 heterocycles. The van der Waals surface area contributed by atoms with Crippen LogP contribution in [0.4, 0.5) is 8.78 Å². The van der Waals surface area contributed by atoms with Crippen molar-refractivity contribution in [3.63, 3.8) is 0 Å². The van der Waals surface area contributed by atoms with Gasteiger partial charge in [-0.2, -0.15) is 4.39 Å². The predicted octanol–water partition coefficient (Wildman–Crippen LogP) is 3.51. The zero-order valence-corrected chi connectivity index (χ0v) is 10.7. The molecule has 0 saturated heterocycles. The number of nitrogens with two attached hydrogens (primary N) is 1. The molecule has 0 aliphatic carbocycles. The van der Waals surface area contributed by atoms with Gasteiger partial charge in [-0.1, -0.05) is 22.8 Å². The summed E-state index contributed by atoms with van der Waals surface area (Å²) in [7, 11) is 0. The van der Waals surface area contributed by atoms with Crippen LogP contribution in [-0.4, -0.2) is 11.0 Å². The van der Waals surface area contributed by atoms with E-state index in [4.69, 9.17) is 27.3 Å². The van der Waals surface area contributed by atoms with Crippen molar-refractivity contribution in [3.8, 4) is 11.5 Å². The largest absolute Gasteiger partial charge is 0.453 e. The highest BCUT2D eigenvalue weighted by molar-refractivity contribution is 6.32. The molecular weight excluding hydrogens is 290 g/mol. The van der Waals surface area contributed by atoms with Crippen molar-refractivity contribution < 1.29 is 18.7 Å². The van der Waals surface area contributed by atoms with E-state index in [1.807, 2.05) is 0 Å². The van der Waals surface area contributed by atoms with E-state index >= 15 is 0 Å². The highest BCUT2D eigenvalue weighted by atomic mass is 35.5. The van der Waals surface area contributed by atoms with Crippen molar-refractivity contribution in [2.45, 2.75) is 0 Å². The lowest BCUT2D eigenvalue weighted by Gasteiger charge is -2.09. The average molecular weight is 299 g/mol. The number of benzene rings is 2. The second-order valence-corrected chi connectivity index (χ2v) is 4.19. The molecule has 2 aromatic carbocycles. The van der Waals surface area contributed by atoms with Crippen molar-refractivity contribution in [2.24, 2.45) is 10.9 Å². The third-order valence-corrected chi connectivity index (χ3v) is 2.77. The van der Waals surface area contributed by atoms with Crippen molar-refractivity contribution in [1.82, 2.24) is 0 Å². The van der Waals surface area contributed by atoms with Crippen molar-refractivity contribution in [2.75, 3.05) is 0 Å². The summed E-state index contributed by atoms with van der Waals surface area (Å²) < 4.78 is 31.7. The van der Waals surface area contributed by atoms with Crippen LogP contribution in [-0.2, 0) is 0 Å². The third-order valence-electron chi connectivity index (χ3n) is 2.47. The summed E-state index contributed by atoms with van der Waals surface area (Å²) in [4.78, 5) is 0. The van der Waals surface area contributed by atoms with Gasteiger partial charge in [-0.05, 0) is 30.3 Å². The van der Waals surface area contributed by atoms with Gasteiger partial charge in [0, 0.05) is 5.56 Å². The number of hydrogen-bond donors (Lipinski definition) is 2. The standard InChI is InChI=1S/C13H9ClF2N2O2/c14-8-6-7(13(17)18-19)4-5-10(8)20-11-3-1-2-9(15)12(11)16/h1-6,19H,(H2,17,18). The molecule has 0 atom stereocenters. The van der Waals surface area contributed by atoms with Gasteiger partial charge in [0.2, 0.25) is 5.82 Å². The first-order valence-electron chi connectivity index (χ1n) is 5.42. The minimum atomic E-state index is -1.11. The molecule has 0 amide bonds. The normalized spacial score (nSPS) is 11.4. The number of hydrogen-bond acceptors (Lipinski definition) is 3. The number of halogens is 3. The number of oxime groups is 1. The fraction of sp³-hybridized carbons (Fsp3) is 0. The Morgan fingerprint density at radius 1 is 1.20 bits per heavy atom. The Hall–Kier alpha value is -2.34. The third kappa shape index (κ3) is 2.80. The van der Waals surface area contributed by atoms with Gasteiger partial charge in [0.05, 0.1) is 5.02 Å². The highest BCUT2D eigenvalue weighted by Crippen LogP contribution is 2.32. The number of ether oxygens (including phenoxy) is 1. The van der Waals surface area contributed by atoms with Crippen molar-refractivity contribution in [3.05, 3.63) is 58.6 Å². The second-order valence-electron chi connectivity index (χ2n) is 3.78. The molecule has 0 saturated carbocycles. The van der Waals surface area contributed by atoms with Crippen LogP contribution >= 0.6 is 11.6 Å². The molecule has 0 fully saturated rings. The molecule has 4 nitrogen and oxygen atoms in total. The van der Waals surface area contributed by atoms with E-state index in [0.717, 1.165) is 6.07 Å². The van der Waals surface area contributed by atoms with Crippen LogP contribution in [0.2, 0.25) is 5.02 Å². The molecule has 0 aliphatic heterocycles. The molecule has 0 aromatic heterocycles. The van der Waals surface area contributed by atoms with E-state index in [9.17, 15) is 8.78 Å². The summed E-state index contributed by atoms with van der Waals surface area (Å²) in [5.41, 5.74) is 5.77. The van der Waals surface area contributed by atoms with Gasteiger partial charge in [0.1, 0.15) is 5.75 Å². The molecule has 0 unspecified atom stereocenters. The van der Waals surface area contributed by atoms with E-state index in [0.29, 0.717) is 5.56 Å². The quantitative estimate of drug-likeness (QED) is 0.394. The smallest absolute Gasteiger partial charge is 0.201 e. The molecule has 2 aromatic rings. The van der Waals surface area contributed by atoms with E-state index < -0.39 is 11.6 Å². The first-order chi connectivity index (χ1) is 9.52. The van der Waals surface area contributed by atoms with Crippen LogP contribution in [0, 0.1) is 11.6 Å². The van der Waals surface area contributed by atoms with Gasteiger partial charge in [0.15, 0.2) is 17.4 Å². The molecule has 0 spiro atoms. The minimum Gasteiger partial charge on any atom is -0.453 e. The molecular formula is C13H9ClF2N2O2. The second kappa shape index (κ2) is 5.75. The number of amidine groups is 1. The Balaban J connectivity index is 2.33. The van der Waals surface area contributed by atoms with E-state index in [1.165, 1.54) is 30.3 Å². The van der Waals surface area contributed by atoms with Crippen LogP contribution in [0.1, 0.15) is 5.56 Å². The summed E-state index contributed by atoms with van der Waals surface area (Å²) in [5.74, 6) is -2.43. The molecule has 0 bridgehead atoms. The average Bonchev–Trinajstić information content (AvgIpc) is 2.45. The maximum Gasteiger partial charge on any atom is 0.201 e. The van der Waals surface area contributed by atoms with Crippen LogP contribution in [0.5, 0.6) is 11.5 Å². The lowest BCUT2D eigenvalue weighted by Crippen LogP contribution is -2.12. The highest BCUT2D eigenvalue weighted by Gasteiger charge is 2.12. The summed E-state index contributed by atoms with van der Waals surface area (Å²) in [6.07, 6.45) is 0. The number of rotatable bonds is 3. The lowest BCUT2D eigenvalue weighted by atomic mass is 10.2. The van der Waals surface area contributed by atoms with E-state index in [-0.39, 0.29) is 22.4 Å². The topological polar surface area (TPSA) is 67.8 Å². The molecule has 7 heteroatoms. The molecule has 3 N–H and O–H groups in total. The first kappa shape index (κ1) is 14.1. The van der Waals surface area contributed by atoms with Crippen LogP contribution in [0.15, 0.2) is 41.6 Å². The van der Waals surface area contributed by atoms with Crippen LogP contribution in [0.3, 0.4) is 0 Å². The Labute approximate surface area is 118 Å². The van der Waals surface area contributed by atoms with Gasteiger partial charge in [-0.25, -0.2) is 4.39 Å². The summed E-state index contributed by atoms with van der Waals surface area (Å²) in [5, 5.41) is 11.5. The van der Waals surface area contributed by atoms with Gasteiger partial charge < -0.3 is 15.7 Å². The minimum absolute atomic E-state index is 0.109. The summed E-state index contributed by atoms with van der Waals surface area (Å²) >= 11 is 5.94. The molecule has 0 radical (unpaired) electrons. The van der Waals surface area contributed by atoms with Gasteiger partial charge in [0.25, 0.3) is 0 Å². The molecule has 20 heavy (non-hydrogen) atoms. The van der Waals surface area contributed by atoms with Crippen molar-refractivity contribution in [1.29, 1.82) is 0 Å². The Kier molecular flexibility index (Phi) is 4.05. The molecule has 2 rings (SSSR count). The van der Waals surface area contributed by atoms with E-state index in [1.54, 1.807) is 0 Å². The fourth-order valence-electron chi connectivity index (χ4n) is 1.48. The Morgan fingerprint density at radius 2 is 1.95 bits per heavy atom. The zero-order chi connectivity index (χ0) is 14.7. The first-order valence-corrected chi connectivity index (χ1v) is 5.80. The molecule has 0 aliphatic rings. The van der Waals surface area contributed by atoms with Gasteiger partial charge in [-0.15, -0.1) is 0 Å².